The van der Waals surface area contributed by atoms with Crippen molar-refractivity contribution in [3.8, 4) is 5.75 Å². The molecule has 0 spiro atoms. The lowest BCUT2D eigenvalue weighted by molar-refractivity contribution is 0.350. The van der Waals surface area contributed by atoms with Crippen molar-refractivity contribution in [2.45, 2.75) is 19.4 Å². The monoisotopic (exact) mass is 257 g/mol. The smallest absolute Gasteiger partial charge is 0.127 e. The molecule has 2 heterocycles. The molecule has 1 aliphatic rings. The number of hydrogen-bond acceptors (Lipinski definition) is 3. The molecule has 1 aromatic carbocycles. The summed E-state index contributed by atoms with van der Waals surface area (Å²) in [6, 6.07) is 6.48. The van der Waals surface area contributed by atoms with Gasteiger partial charge in [0.25, 0.3) is 0 Å². The number of fused-ring (bicyclic) bond motifs is 1. The number of ether oxygens (including phenoxy) is 1. The molecular formula is C15H19N3O. The Labute approximate surface area is 113 Å². The Morgan fingerprint density at radius 1 is 1.47 bits per heavy atom. The molecule has 1 aliphatic heterocycles. The van der Waals surface area contributed by atoms with E-state index in [1.54, 1.807) is 0 Å². The Balaban J connectivity index is 2.03. The van der Waals surface area contributed by atoms with Gasteiger partial charge in [-0.1, -0.05) is 25.1 Å². The van der Waals surface area contributed by atoms with Crippen LogP contribution in [0.25, 0.3) is 0 Å². The van der Waals surface area contributed by atoms with Crippen molar-refractivity contribution < 1.29 is 4.74 Å². The topological polar surface area (TPSA) is 39.1 Å². The van der Waals surface area contributed by atoms with Gasteiger partial charge in [-0.15, -0.1) is 0 Å². The van der Waals surface area contributed by atoms with Crippen LogP contribution in [-0.2, 0) is 13.5 Å². The van der Waals surface area contributed by atoms with Crippen LogP contribution in [0.4, 0.5) is 0 Å². The van der Waals surface area contributed by atoms with E-state index in [2.05, 4.69) is 41.6 Å². The lowest BCUT2D eigenvalue weighted by Crippen LogP contribution is -2.22. The average molecular weight is 257 g/mol. The number of aryl methyl sites for hydroxylation is 1. The molecule has 100 valence electrons. The van der Waals surface area contributed by atoms with E-state index in [4.69, 9.17) is 4.74 Å². The minimum Gasteiger partial charge on any atom is -0.493 e. The van der Waals surface area contributed by atoms with Crippen molar-refractivity contribution in [2.75, 3.05) is 13.2 Å². The van der Waals surface area contributed by atoms with Crippen LogP contribution in [0.5, 0.6) is 5.75 Å². The van der Waals surface area contributed by atoms with Crippen molar-refractivity contribution in [1.29, 1.82) is 0 Å². The molecule has 0 saturated heterocycles. The maximum absolute atomic E-state index is 5.81. The Bertz CT molecular complexity index is 577. The predicted octanol–water partition coefficient (Wildman–Crippen LogP) is 2.05. The lowest BCUT2D eigenvalue weighted by Gasteiger charge is -2.19. The van der Waals surface area contributed by atoms with Crippen molar-refractivity contribution in [1.82, 2.24) is 14.9 Å². The van der Waals surface area contributed by atoms with E-state index in [0.29, 0.717) is 0 Å². The third kappa shape index (κ3) is 2.24. The first-order chi connectivity index (χ1) is 9.29. The SMILES string of the molecule is CCNC(c1cn(C)cn1)c1cccc2c1OCC2. The first-order valence-corrected chi connectivity index (χ1v) is 6.75. The van der Waals surface area contributed by atoms with Crippen LogP contribution in [0.15, 0.2) is 30.7 Å². The van der Waals surface area contributed by atoms with Gasteiger partial charge in [0.05, 0.1) is 24.7 Å². The third-order valence-electron chi connectivity index (χ3n) is 3.48. The summed E-state index contributed by atoms with van der Waals surface area (Å²) in [5.41, 5.74) is 3.53. The molecular weight excluding hydrogens is 238 g/mol. The number of imidazole rings is 1. The normalized spacial score (nSPS) is 15.1. The van der Waals surface area contributed by atoms with E-state index in [0.717, 1.165) is 31.0 Å². The summed E-state index contributed by atoms with van der Waals surface area (Å²) in [6.07, 6.45) is 4.90. The molecule has 0 fully saturated rings. The van der Waals surface area contributed by atoms with Gasteiger partial charge in [0.15, 0.2) is 0 Å². The summed E-state index contributed by atoms with van der Waals surface area (Å²) in [6.45, 7) is 3.79. The third-order valence-corrected chi connectivity index (χ3v) is 3.48. The summed E-state index contributed by atoms with van der Waals surface area (Å²) in [4.78, 5) is 4.48. The second-order valence-electron chi connectivity index (χ2n) is 4.89. The van der Waals surface area contributed by atoms with Crippen LogP contribution in [0, 0.1) is 0 Å². The Kier molecular flexibility index (Phi) is 3.25. The van der Waals surface area contributed by atoms with Crippen molar-refractivity contribution in [2.24, 2.45) is 7.05 Å². The Hall–Kier alpha value is -1.81. The van der Waals surface area contributed by atoms with Gasteiger partial charge in [-0.3, -0.25) is 0 Å². The van der Waals surface area contributed by atoms with Gasteiger partial charge in [-0.2, -0.15) is 0 Å². The second-order valence-corrected chi connectivity index (χ2v) is 4.89. The molecule has 4 nitrogen and oxygen atoms in total. The molecule has 0 amide bonds. The van der Waals surface area contributed by atoms with Crippen LogP contribution in [0.2, 0.25) is 0 Å². The molecule has 3 rings (SSSR count). The molecule has 0 saturated carbocycles. The average Bonchev–Trinajstić information content (AvgIpc) is 3.04. The fourth-order valence-corrected chi connectivity index (χ4v) is 2.63. The molecule has 0 radical (unpaired) electrons. The standard InChI is InChI=1S/C15H19N3O/c1-3-16-14(13-9-18(2)10-17-13)12-6-4-5-11-7-8-19-15(11)12/h4-6,9-10,14,16H,3,7-8H2,1-2H3. The van der Waals surface area contributed by atoms with E-state index in [1.165, 1.54) is 11.1 Å². The minimum absolute atomic E-state index is 0.0965. The van der Waals surface area contributed by atoms with Gasteiger partial charge >= 0.3 is 0 Å². The van der Waals surface area contributed by atoms with Gasteiger partial charge < -0.3 is 14.6 Å². The van der Waals surface area contributed by atoms with Gasteiger partial charge in [0, 0.05) is 25.2 Å². The fraction of sp³-hybridized carbons (Fsp3) is 0.400. The van der Waals surface area contributed by atoms with Crippen LogP contribution in [0.3, 0.4) is 0 Å². The molecule has 0 bridgehead atoms. The van der Waals surface area contributed by atoms with Crippen molar-refractivity contribution >= 4 is 0 Å². The highest BCUT2D eigenvalue weighted by molar-refractivity contribution is 5.47. The maximum Gasteiger partial charge on any atom is 0.127 e. The number of hydrogen-bond donors (Lipinski definition) is 1. The van der Waals surface area contributed by atoms with Crippen molar-refractivity contribution in [3.05, 3.63) is 47.5 Å². The number of para-hydroxylation sites is 1. The van der Waals surface area contributed by atoms with Gasteiger partial charge in [0.1, 0.15) is 5.75 Å². The first kappa shape index (κ1) is 12.2. The zero-order chi connectivity index (χ0) is 13.2. The highest BCUT2D eigenvalue weighted by Crippen LogP contribution is 2.35. The van der Waals surface area contributed by atoms with Crippen LogP contribution < -0.4 is 10.1 Å². The van der Waals surface area contributed by atoms with Gasteiger partial charge in [-0.05, 0) is 12.1 Å². The summed E-state index contributed by atoms with van der Waals surface area (Å²) < 4.78 is 7.79. The summed E-state index contributed by atoms with van der Waals surface area (Å²) in [5, 5.41) is 3.50. The molecule has 0 aliphatic carbocycles. The Morgan fingerprint density at radius 2 is 2.37 bits per heavy atom. The van der Waals surface area contributed by atoms with E-state index < -0.39 is 0 Å². The highest BCUT2D eigenvalue weighted by atomic mass is 16.5. The molecule has 4 heteroatoms. The van der Waals surface area contributed by atoms with Crippen molar-refractivity contribution in [3.63, 3.8) is 0 Å². The number of nitrogens with zero attached hydrogens (tertiary/aromatic N) is 2. The van der Waals surface area contributed by atoms with E-state index in [-0.39, 0.29) is 6.04 Å². The molecule has 1 unspecified atom stereocenters. The number of benzene rings is 1. The highest BCUT2D eigenvalue weighted by Gasteiger charge is 2.24. The van der Waals surface area contributed by atoms with E-state index in [1.807, 2.05) is 17.9 Å². The number of rotatable bonds is 4. The summed E-state index contributed by atoms with van der Waals surface area (Å²) in [7, 11) is 1.99. The zero-order valence-electron chi connectivity index (χ0n) is 11.4. The minimum atomic E-state index is 0.0965. The second kappa shape index (κ2) is 5.05. The van der Waals surface area contributed by atoms with Crippen LogP contribution in [-0.4, -0.2) is 22.7 Å². The maximum atomic E-state index is 5.81. The molecule has 19 heavy (non-hydrogen) atoms. The predicted molar refractivity (Wildman–Crippen MR) is 74.4 cm³/mol. The number of nitrogens with one attached hydrogen (secondary N) is 1. The van der Waals surface area contributed by atoms with E-state index >= 15 is 0 Å². The van der Waals surface area contributed by atoms with Gasteiger partial charge in [0.2, 0.25) is 0 Å². The molecule has 1 N–H and O–H groups in total. The quantitative estimate of drug-likeness (QED) is 0.911. The largest absolute Gasteiger partial charge is 0.493 e. The summed E-state index contributed by atoms with van der Waals surface area (Å²) >= 11 is 0. The molecule has 1 atom stereocenters. The molecule has 2 aromatic rings. The summed E-state index contributed by atoms with van der Waals surface area (Å²) in [5.74, 6) is 1.04. The first-order valence-electron chi connectivity index (χ1n) is 6.75. The zero-order valence-corrected chi connectivity index (χ0v) is 11.4. The molecule has 1 aromatic heterocycles. The van der Waals surface area contributed by atoms with E-state index in [9.17, 15) is 0 Å². The van der Waals surface area contributed by atoms with Gasteiger partial charge in [-0.25, -0.2) is 4.98 Å². The van der Waals surface area contributed by atoms with Crippen LogP contribution in [0.1, 0.15) is 29.8 Å². The fourth-order valence-electron chi connectivity index (χ4n) is 2.63. The van der Waals surface area contributed by atoms with Crippen LogP contribution >= 0.6 is 0 Å². The number of aromatic nitrogens is 2. The Morgan fingerprint density at radius 3 is 3.11 bits per heavy atom. The lowest BCUT2D eigenvalue weighted by atomic mass is 10.00.